The lowest BCUT2D eigenvalue weighted by Crippen LogP contribution is -2.24. The summed E-state index contributed by atoms with van der Waals surface area (Å²) in [5.41, 5.74) is 2.61. The van der Waals surface area contributed by atoms with Gasteiger partial charge in [-0.15, -0.1) is 0 Å². The molecule has 0 aromatic carbocycles. The van der Waals surface area contributed by atoms with Crippen LogP contribution < -0.4 is 10.2 Å². The Morgan fingerprint density at radius 3 is 2.52 bits per heavy atom. The SMILES string of the molecule is CCNCc1cc(N(C)CC2CC2C)nc(C(C)(C)C)c1. The van der Waals surface area contributed by atoms with Crippen LogP contribution >= 0.6 is 0 Å². The highest BCUT2D eigenvalue weighted by Crippen LogP contribution is 2.38. The molecule has 1 aliphatic rings. The van der Waals surface area contributed by atoms with E-state index in [4.69, 9.17) is 4.98 Å². The molecule has 1 heterocycles. The van der Waals surface area contributed by atoms with E-state index in [2.05, 4.69) is 64.0 Å². The van der Waals surface area contributed by atoms with E-state index in [1.54, 1.807) is 0 Å². The number of hydrogen-bond acceptors (Lipinski definition) is 3. The van der Waals surface area contributed by atoms with Gasteiger partial charge in [-0.2, -0.15) is 0 Å². The molecule has 0 aliphatic heterocycles. The fourth-order valence-electron chi connectivity index (χ4n) is 2.62. The van der Waals surface area contributed by atoms with E-state index >= 15 is 0 Å². The van der Waals surface area contributed by atoms with Gasteiger partial charge in [0.2, 0.25) is 0 Å². The summed E-state index contributed by atoms with van der Waals surface area (Å²) in [6.45, 7) is 14.2. The van der Waals surface area contributed by atoms with Crippen LogP contribution in [0.15, 0.2) is 12.1 Å². The fraction of sp³-hybridized carbons (Fsp3) is 0.722. The van der Waals surface area contributed by atoms with Crippen molar-refractivity contribution in [2.24, 2.45) is 11.8 Å². The van der Waals surface area contributed by atoms with Gasteiger partial charge in [0.1, 0.15) is 5.82 Å². The lowest BCUT2D eigenvalue weighted by molar-refractivity contribution is 0.565. The van der Waals surface area contributed by atoms with Crippen molar-refractivity contribution in [3.05, 3.63) is 23.4 Å². The molecule has 2 unspecified atom stereocenters. The summed E-state index contributed by atoms with van der Waals surface area (Å²) in [6.07, 6.45) is 1.37. The van der Waals surface area contributed by atoms with E-state index in [-0.39, 0.29) is 5.41 Å². The summed E-state index contributed by atoms with van der Waals surface area (Å²) in [7, 11) is 2.18. The van der Waals surface area contributed by atoms with Crippen molar-refractivity contribution >= 4 is 5.82 Å². The number of aromatic nitrogens is 1. The molecule has 1 aliphatic carbocycles. The van der Waals surface area contributed by atoms with E-state index in [0.29, 0.717) is 0 Å². The van der Waals surface area contributed by atoms with Crippen molar-refractivity contribution in [1.29, 1.82) is 0 Å². The smallest absolute Gasteiger partial charge is 0.128 e. The second-order valence-electron chi connectivity index (χ2n) is 7.60. The second kappa shape index (κ2) is 6.35. The summed E-state index contributed by atoms with van der Waals surface area (Å²) in [6, 6.07) is 4.49. The average molecular weight is 289 g/mol. The largest absolute Gasteiger partial charge is 0.359 e. The molecule has 0 amide bonds. The van der Waals surface area contributed by atoms with Crippen LogP contribution in [-0.2, 0) is 12.0 Å². The van der Waals surface area contributed by atoms with Crippen LogP contribution in [0.1, 0.15) is 52.3 Å². The van der Waals surface area contributed by atoms with Gasteiger partial charge < -0.3 is 10.2 Å². The molecule has 0 spiro atoms. The quantitative estimate of drug-likeness (QED) is 0.867. The summed E-state index contributed by atoms with van der Waals surface area (Å²) in [5.74, 6) is 2.86. The van der Waals surface area contributed by atoms with Crippen LogP contribution in [0.2, 0.25) is 0 Å². The zero-order valence-electron chi connectivity index (χ0n) is 14.5. The Labute approximate surface area is 130 Å². The van der Waals surface area contributed by atoms with Crippen molar-refractivity contribution in [3.8, 4) is 0 Å². The molecule has 1 N–H and O–H groups in total. The zero-order valence-corrected chi connectivity index (χ0v) is 14.5. The van der Waals surface area contributed by atoms with Gasteiger partial charge in [-0.05, 0) is 42.5 Å². The summed E-state index contributed by atoms with van der Waals surface area (Å²) in [4.78, 5) is 7.25. The third-order valence-electron chi connectivity index (χ3n) is 4.39. The Bertz CT molecular complexity index is 476. The van der Waals surface area contributed by atoms with Crippen molar-refractivity contribution < 1.29 is 0 Å². The summed E-state index contributed by atoms with van der Waals surface area (Å²) < 4.78 is 0. The van der Waals surface area contributed by atoms with Gasteiger partial charge in [0.25, 0.3) is 0 Å². The average Bonchev–Trinajstić information content (AvgIpc) is 3.10. The normalized spacial score (nSPS) is 21.4. The van der Waals surface area contributed by atoms with E-state index in [9.17, 15) is 0 Å². The first-order valence-electron chi connectivity index (χ1n) is 8.24. The molecule has 1 fully saturated rings. The van der Waals surface area contributed by atoms with E-state index in [1.807, 2.05) is 0 Å². The number of nitrogens with one attached hydrogen (secondary N) is 1. The predicted octanol–water partition coefficient (Wildman–Crippen LogP) is 3.58. The highest BCUT2D eigenvalue weighted by molar-refractivity contribution is 5.43. The molecular formula is C18H31N3. The maximum Gasteiger partial charge on any atom is 0.128 e. The maximum absolute atomic E-state index is 4.92. The Kier molecular flexibility index (Phi) is 4.92. The Balaban J connectivity index is 2.21. The van der Waals surface area contributed by atoms with Crippen LogP contribution in [0.25, 0.3) is 0 Å². The Morgan fingerprint density at radius 2 is 2.00 bits per heavy atom. The highest BCUT2D eigenvalue weighted by atomic mass is 15.2. The number of anilines is 1. The van der Waals surface area contributed by atoms with Crippen molar-refractivity contribution in [1.82, 2.24) is 10.3 Å². The minimum Gasteiger partial charge on any atom is -0.359 e. The lowest BCUT2D eigenvalue weighted by Gasteiger charge is -2.24. The molecule has 0 bridgehead atoms. The molecule has 1 aromatic heterocycles. The topological polar surface area (TPSA) is 28.2 Å². The molecule has 2 rings (SSSR count). The van der Waals surface area contributed by atoms with Crippen LogP contribution in [0.4, 0.5) is 5.82 Å². The number of pyridine rings is 1. The molecule has 1 aromatic rings. The van der Waals surface area contributed by atoms with Gasteiger partial charge in [-0.25, -0.2) is 4.98 Å². The predicted molar refractivity (Wildman–Crippen MR) is 90.9 cm³/mol. The molecule has 21 heavy (non-hydrogen) atoms. The van der Waals surface area contributed by atoms with E-state index in [0.717, 1.165) is 37.3 Å². The van der Waals surface area contributed by atoms with Crippen molar-refractivity contribution in [2.45, 2.75) is 53.0 Å². The number of rotatable bonds is 6. The van der Waals surface area contributed by atoms with Crippen LogP contribution in [0.5, 0.6) is 0 Å². The van der Waals surface area contributed by atoms with Gasteiger partial charge in [-0.1, -0.05) is 34.6 Å². The molecular weight excluding hydrogens is 258 g/mol. The molecule has 3 nitrogen and oxygen atoms in total. The highest BCUT2D eigenvalue weighted by Gasteiger charge is 2.33. The minimum absolute atomic E-state index is 0.0880. The first-order chi connectivity index (χ1) is 9.81. The third kappa shape index (κ3) is 4.44. The maximum atomic E-state index is 4.92. The number of nitrogens with zero attached hydrogens (tertiary/aromatic N) is 2. The standard InChI is InChI=1S/C18H31N3/c1-7-19-11-14-9-16(18(3,4)5)20-17(10-14)21(6)12-15-8-13(15)2/h9-10,13,15,19H,7-8,11-12H2,1-6H3. The summed E-state index contributed by atoms with van der Waals surface area (Å²) in [5, 5.41) is 3.42. The number of hydrogen-bond donors (Lipinski definition) is 1. The van der Waals surface area contributed by atoms with Crippen molar-refractivity contribution in [2.75, 3.05) is 25.0 Å². The zero-order chi connectivity index (χ0) is 15.6. The van der Waals surface area contributed by atoms with Crippen LogP contribution in [-0.4, -0.2) is 25.1 Å². The first kappa shape index (κ1) is 16.3. The Hall–Kier alpha value is -1.09. The fourth-order valence-corrected chi connectivity index (χ4v) is 2.62. The second-order valence-corrected chi connectivity index (χ2v) is 7.60. The molecule has 1 saturated carbocycles. The lowest BCUT2D eigenvalue weighted by atomic mass is 9.90. The minimum atomic E-state index is 0.0880. The van der Waals surface area contributed by atoms with Crippen LogP contribution in [0, 0.1) is 11.8 Å². The molecule has 2 atom stereocenters. The molecule has 3 heteroatoms. The van der Waals surface area contributed by atoms with E-state index in [1.165, 1.54) is 17.7 Å². The van der Waals surface area contributed by atoms with Gasteiger partial charge in [0.15, 0.2) is 0 Å². The van der Waals surface area contributed by atoms with Crippen molar-refractivity contribution in [3.63, 3.8) is 0 Å². The molecule has 0 radical (unpaired) electrons. The first-order valence-corrected chi connectivity index (χ1v) is 8.24. The van der Waals surface area contributed by atoms with Gasteiger partial charge >= 0.3 is 0 Å². The van der Waals surface area contributed by atoms with E-state index < -0.39 is 0 Å². The van der Waals surface area contributed by atoms with Gasteiger partial charge in [0.05, 0.1) is 0 Å². The monoisotopic (exact) mass is 289 g/mol. The van der Waals surface area contributed by atoms with Gasteiger partial charge in [-0.3, -0.25) is 0 Å². The summed E-state index contributed by atoms with van der Waals surface area (Å²) >= 11 is 0. The molecule has 0 saturated heterocycles. The Morgan fingerprint density at radius 1 is 1.33 bits per heavy atom. The van der Waals surface area contributed by atoms with Gasteiger partial charge in [0, 0.05) is 31.2 Å². The third-order valence-corrected chi connectivity index (χ3v) is 4.39. The molecule has 118 valence electrons. The van der Waals surface area contributed by atoms with Crippen LogP contribution in [0.3, 0.4) is 0 Å².